The van der Waals surface area contributed by atoms with Gasteiger partial charge >= 0.3 is 0 Å². The van der Waals surface area contributed by atoms with Gasteiger partial charge in [0.2, 0.25) is 0 Å². The molecule has 47 heavy (non-hydrogen) atoms. The number of carbonyl (C=O) groups excluding carboxylic acids is 2. The van der Waals surface area contributed by atoms with E-state index >= 15 is 0 Å². The maximum Gasteiger partial charge on any atom is 0.173 e. The molecule has 248 valence electrons. The van der Waals surface area contributed by atoms with E-state index in [1.165, 1.54) is 7.11 Å². The number of Topliss-reactive ketones (excluding diaryl/α,β-unsaturated/α-hetero) is 2. The molecule has 0 unspecified atom stereocenters. The summed E-state index contributed by atoms with van der Waals surface area (Å²) in [5, 5.41) is 32.5. The molecule has 3 aromatic rings. The Morgan fingerprint density at radius 1 is 1.04 bits per heavy atom. The maximum absolute atomic E-state index is 14.1. The summed E-state index contributed by atoms with van der Waals surface area (Å²) in [6.45, 7) is 2.09. The molecule has 5 rings (SSSR count). The molecule has 1 fully saturated rings. The number of rotatable bonds is 8. The number of nitrogens with zero attached hydrogens (tertiary/aromatic N) is 1. The van der Waals surface area contributed by atoms with Crippen LogP contribution in [-0.2, 0) is 22.4 Å². The standard InChI is InChI=1S/C39H46N2O6/c1-3-7-29(23-42)30-18-25(16-24-14-15-41-37(40)19-24)17-27-10-12-31(26-8-5-4-6-9-26)32-22-35(44)36(47-2)21-28(32)11-13-34(43)39(46)38(45)33(27)20-30/h4-6,8-9,14-15,19,21-22,25,27,29-31,33,39,42,44,46H,3,7,11,13,16-18,20,23H2,1-2H3,(H2,40,41)/t25-,27+,29+,30+,31+,33-,39-/m0/s1. The molecule has 2 aliphatic rings. The van der Waals surface area contributed by atoms with Gasteiger partial charge in [-0.25, -0.2) is 4.98 Å². The Hall–Kier alpha value is -4.19. The second-order valence-electron chi connectivity index (χ2n) is 13.2. The van der Waals surface area contributed by atoms with Crippen LogP contribution in [0.4, 0.5) is 5.82 Å². The van der Waals surface area contributed by atoms with Gasteiger partial charge in [-0.2, -0.15) is 0 Å². The van der Waals surface area contributed by atoms with Crippen molar-refractivity contribution in [3.63, 3.8) is 0 Å². The summed E-state index contributed by atoms with van der Waals surface area (Å²) in [7, 11) is 1.47. The first-order valence-corrected chi connectivity index (χ1v) is 16.7. The Kier molecular flexibility index (Phi) is 11.3. The molecule has 5 N–H and O–H groups in total. The molecule has 2 aromatic carbocycles. The minimum atomic E-state index is -1.76. The molecule has 0 aliphatic heterocycles. The molecule has 0 saturated heterocycles. The number of aliphatic hydroxyl groups excluding tert-OH is 2. The predicted molar refractivity (Wildman–Crippen MR) is 181 cm³/mol. The van der Waals surface area contributed by atoms with E-state index in [-0.39, 0.29) is 48.7 Å². The third-order valence-corrected chi connectivity index (χ3v) is 10.1. The molecule has 0 amide bonds. The van der Waals surface area contributed by atoms with Gasteiger partial charge in [-0.05, 0) is 103 Å². The van der Waals surface area contributed by atoms with Crippen molar-refractivity contribution in [2.45, 2.75) is 70.3 Å². The summed E-state index contributed by atoms with van der Waals surface area (Å²) in [5.74, 6) is 5.26. The van der Waals surface area contributed by atoms with Crippen molar-refractivity contribution in [3.8, 4) is 23.3 Å². The van der Waals surface area contributed by atoms with Crippen LogP contribution in [-0.4, -0.2) is 51.7 Å². The van der Waals surface area contributed by atoms with E-state index in [9.17, 15) is 24.9 Å². The number of pyridine rings is 1. The highest BCUT2D eigenvalue weighted by Gasteiger charge is 2.42. The number of ether oxygens (including phenoxy) is 1. The highest BCUT2D eigenvalue weighted by molar-refractivity contribution is 6.06. The molecule has 8 heteroatoms. The normalized spacial score (nSPS) is 25.5. The summed E-state index contributed by atoms with van der Waals surface area (Å²) < 4.78 is 5.39. The number of methoxy groups -OCH3 is 1. The largest absolute Gasteiger partial charge is 0.504 e. The van der Waals surface area contributed by atoms with Gasteiger partial charge in [0, 0.05) is 31.1 Å². The predicted octanol–water partition coefficient (Wildman–Crippen LogP) is 5.26. The summed E-state index contributed by atoms with van der Waals surface area (Å²) in [6, 6.07) is 17.0. The van der Waals surface area contributed by atoms with E-state index in [1.807, 2.05) is 42.5 Å². The fourth-order valence-corrected chi connectivity index (χ4v) is 7.67. The second kappa shape index (κ2) is 15.6. The van der Waals surface area contributed by atoms with E-state index in [2.05, 4.69) is 23.7 Å². The van der Waals surface area contributed by atoms with Crippen molar-refractivity contribution in [1.29, 1.82) is 0 Å². The first-order valence-electron chi connectivity index (χ1n) is 16.7. The molecule has 0 bridgehead atoms. The van der Waals surface area contributed by atoms with Crippen molar-refractivity contribution in [1.82, 2.24) is 4.98 Å². The summed E-state index contributed by atoms with van der Waals surface area (Å²) in [4.78, 5) is 31.7. The van der Waals surface area contributed by atoms with Crippen molar-refractivity contribution in [3.05, 3.63) is 83.0 Å². The van der Waals surface area contributed by atoms with Gasteiger partial charge in [0.05, 0.1) is 13.0 Å². The summed E-state index contributed by atoms with van der Waals surface area (Å²) in [5.41, 5.74) is 9.50. The van der Waals surface area contributed by atoms with Crippen molar-refractivity contribution < 1.29 is 29.6 Å². The summed E-state index contributed by atoms with van der Waals surface area (Å²) in [6.07, 6.45) is 4.34. The first kappa shape index (κ1) is 34.2. The maximum atomic E-state index is 14.1. The molecule has 0 radical (unpaired) electrons. The number of aliphatic hydroxyl groups is 2. The lowest BCUT2D eigenvalue weighted by Crippen LogP contribution is -2.39. The average molecular weight is 639 g/mol. The SMILES string of the molecule is CCC[C@H](CO)[C@@H]1C[C@@H](Cc2ccnc(N)c2)C[C@H]2C#C[C@H](c3ccccc3)c3cc(O)c(OC)cc3CCC(=O)[C@H](O)C(=O)[C@H]2C1. The van der Waals surface area contributed by atoms with Crippen LogP contribution in [0.3, 0.4) is 0 Å². The zero-order chi connectivity index (χ0) is 33.5. The number of phenols is 1. The molecule has 1 aromatic heterocycles. The van der Waals surface area contributed by atoms with E-state index in [0.717, 1.165) is 41.5 Å². The number of aromatic nitrogens is 1. The van der Waals surface area contributed by atoms with E-state index < -0.39 is 35.4 Å². The molecule has 2 aliphatic carbocycles. The molecule has 0 spiro atoms. The van der Waals surface area contributed by atoms with Gasteiger partial charge in [0.15, 0.2) is 29.2 Å². The molecular formula is C39H46N2O6. The van der Waals surface area contributed by atoms with Crippen LogP contribution in [0, 0.1) is 41.4 Å². The lowest BCUT2D eigenvalue weighted by molar-refractivity contribution is -0.142. The Balaban J connectivity index is 1.66. The smallest absolute Gasteiger partial charge is 0.173 e. The Morgan fingerprint density at radius 3 is 2.53 bits per heavy atom. The Labute approximate surface area is 277 Å². The fourth-order valence-electron chi connectivity index (χ4n) is 7.67. The lowest BCUT2D eigenvalue weighted by atomic mass is 9.75. The fraction of sp³-hybridized carbons (Fsp3) is 0.462. The minimum absolute atomic E-state index is 0.00594. The zero-order valence-electron chi connectivity index (χ0n) is 27.3. The van der Waals surface area contributed by atoms with Gasteiger partial charge in [0.1, 0.15) is 5.82 Å². The quantitative estimate of drug-likeness (QED) is 0.193. The monoisotopic (exact) mass is 638 g/mol. The number of hydrogen-bond acceptors (Lipinski definition) is 8. The molecule has 1 saturated carbocycles. The lowest BCUT2D eigenvalue weighted by Gasteiger charge is -2.29. The van der Waals surface area contributed by atoms with Crippen LogP contribution in [0.2, 0.25) is 0 Å². The number of phenolic OH excluding ortho intramolecular Hbond substituents is 1. The van der Waals surface area contributed by atoms with E-state index in [0.29, 0.717) is 25.1 Å². The highest BCUT2D eigenvalue weighted by atomic mass is 16.5. The second-order valence-corrected chi connectivity index (χ2v) is 13.2. The molecule has 1 heterocycles. The third kappa shape index (κ3) is 8.04. The van der Waals surface area contributed by atoms with Crippen LogP contribution in [0.15, 0.2) is 60.8 Å². The number of hydrogen-bond donors (Lipinski definition) is 4. The number of ketones is 2. The summed E-state index contributed by atoms with van der Waals surface area (Å²) >= 11 is 0. The molecule has 7 atom stereocenters. The number of anilines is 1. The van der Waals surface area contributed by atoms with Gasteiger partial charge in [0.25, 0.3) is 0 Å². The van der Waals surface area contributed by atoms with Crippen LogP contribution in [0.25, 0.3) is 0 Å². The zero-order valence-corrected chi connectivity index (χ0v) is 27.3. The van der Waals surface area contributed by atoms with Crippen LogP contribution < -0.4 is 10.5 Å². The molecular weight excluding hydrogens is 592 g/mol. The number of nitrogens with two attached hydrogens (primary N) is 1. The van der Waals surface area contributed by atoms with E-state index in [4.69, 9.17) is 10.5 Å². The van der Waals surface area contributed by atoms with Crippen molar-refractivity contribution >= 4 is 17.4 Å². The Morgan fingerprint density at radius 2 is 1.83 bits per heavy atom. The van der Waals surface area contributed by atoms with E-state index in [1.54, 1.807) is 18.3 Å². The van der Waals surface area contributed by atoms with Crippen LogP contribution >= 0.6 is 0 Å². The number of carbonyl (C=O) groups is 2. The molecule has 8 nitrogen and oxygen atoms in total. The van der Waals surface area contributed by atoms with Gasteiger partial charge < -0.3 is 25.8 Å². The van der Waals surface area contributed by atoms with Gasteiger partial charge in [-0.3, -0.25) is 9.59 Å². The first-order chi connectivity index (χ1) is 22.7. The highest BCUT2D eigenvalue weighted by Crippen LogP contribution is 2.43. The van der Waals surface area contributed by atoms with Crippen molar-refractivity contribution in [2.24, 2.45) is 29.6 Å². The average Bonchev–Trinajstić information content (AvgIpc) is 3.25. The topological polar surface area (TPSA) is 143 Å². The minimum Gasteiger partial charge on any atom is -0.504 e. The number of benzene rings is 2. The third-order valence-electron chi connectivity index (χ3n) is 10.1. The number of aryl methyl sites for hydroxylation is 1. The van der Waals surface area contributed by atoms with Crippen LogP contribution in [0.1, 0.15) is 73.6 Å². The number of fused-ring (bicyclic) bond motifs is 2. The Bertz CT molecular complexity index is 1610. The van der Waals surface area contributed by atoms with Gasteiger partial charge in [-0.1, -0.05) is 55.5 Å². The van der Waals surface area contributed by atoms with Gasteiger partial charge in [-0.15, -0.1) is 0 Å². The number of nitrogen functional groups attached to an aromatic ring is 1. The van der Waals surface area contributed by atoms with Crippen molar-refractivity contribution in [2.75, 3.05) is 19.5 Å². The number of aromatic hydroxyl groups is 1. The van der Waals surface area contributed by atoms with Crippen LogP contribution in [0.5, 0.6) is 11.5 Å².